The molecule has 0 aliphatic carbocycles. The molecular weight excluding hydrogens is 346 g/mol. The van der Waals surface area contributed by atoms with Crippen molar-refractivity contribution >= 4 is 17.6 Å². The third kappa shape index (κ3) is 3.81. The van der Waals surface area contributed by atoms with Gasteiger partial charge < -0.3 is 19.7 Å². The van der Waals surface area contributed by atoms with Crippen molar-refractivity contribution in [3.05, 3.63) is 54.1 Å². The van der Waals surface area contributed by atoms with Gasteiger partial charge in [-0.25, -0.2) is 4.79 Å². The number of urea groups is 1. The van der Waals surface area contributed by atoms with Crippen molar-refractivity contribution in [2.75, 3.05) is 37.9 Å². The smallest absolute Gasteiger partial charge is 0.325 e. The van der Waals surface area contributed by atoms with Crippen molar-refractivity contribution < 1.29 is 19.1 Å². The molecule has 2 aliphatic heterocycles. The minimum Gasteiger partial charge on any atom is -0.454 e. The molecule has 2 heterocycles. The largest absolute Gasteiger partial charge is 0.454 e. The molecule has 4 rings (SSSR count). The molecular formula is C20H21N3O4. The molecule has 1 N–H and O–H groups in total. The highest BCUT2D eigenvalue weighted by Gasteiger charge is 2.31. The fraction of sp³-hybridized carbons (Fsp3) is 0.300. The van der Waals surface area contributed by atoms with Gasteiger partial charge in [0, 0.05) is 31.4 Å². The summed E-state index contributed by atoms with van der Waals surface area (Å²) in [5.74, 6) is 1.17. The fourth-order valence-electron chi connectivity index (χ4n) is 3.24. The van der Waals surface area contributed by atoms with Crippen LogP contribution in [0.1, 0.15) is 5.56 Å². The minimum atomic E-state index is -0.174. The average Bonchev–Trinajstić information content (AvgIpc) is 3.29. The molecule has 0 unspecified atom stereocenters. The van der Waals surface area contributed by atoms with Crippen molar-refractivity contribution in [3.63, 3.8) is 0 Å². The number of nitrogens with one attached hydrogen (secondary N) is 1. The molecule has 2 aliphatic rings. The first-order chi connectivity index (χ1) is 13.2. The van der Waals surface area contributed by atoms with Crippen LogP contribution >= 0.6 is 0 Å². The Labute approximate surface area is 157 Å². The summed E-state index contributed by atoms with van der Waals surface area (Å²) in [4.78, 5) is 28.0. The summed E-state index contributed by atoms with van der Waals surface area (Å²) in [6.07, 6.45) is 0.768. The summed E-state index contributed by atoms with van der Waals surface area (Å²) in [5, 5.41) is 2.88. The summed E-state index contributed by atoms with van der Waals surface area (Å²) in [5.41, 5.74) is 1.92. The first-order valence-electron chi connectivity index (χ1n) is 8.97. The van der Waals surface area contributed by atoms with E-state index in [9.17, 15) is 9.59 Å². The number of rotatable bonds is 6. The van der Waals surface area contributed by atoms with Crippen LogP contribution < -0.4 is 19.7 Å². The summed E-state index contributed by atoms with van der Waals surface area (Å²) >= 11 is 0. The van der Waals surface area contributed by atoms with E-state index in [-0.39, 0.29) is 25.3 Å². The molecule has 0 bridgehead atoms. The Morgan fingerprint density at radius 2 is 1.85 bits per heavy atom. The van der Waals surface area contributed by atoms with Crippen molar-refractivity contribution in [3.8, 4) is 11.5 Å². The van der Waals surface area contributed by atoms with Gasteiger partial charge in [0.1, 0.15) is 6.54 Å². The van der Waals surface area contributed by atoms with E-state index in [1.807, 2.05) is 36.4 Å². The average molecular weight is 367 g/mol. The normalized spacial score (nSPS) is 15.3. The van der Waals surface area contributed by atoms with Crippen LogP contribution in [0.4, 0.5) is 10.5 Å². The van der Waals surface area contributed by atoms with E-state index in [4.69, 9.17) is 9.47 Å². The number of nitrogens with zero attached hydrogens (tertiary/aromatic N) is 2. The fourth-order valence-corrected chi connectivity index (χ4v) is 3.24. The zero-order chi connectivity index (χ0) is 18.6. The molecule has 2 aromatic rings. The number of benzene rings is 2. The Bertz CT molecular complexity index is 840. The summed E-state index contributed by atoms with van der Waals surface area (Å²) in [7, 11) is 0. The lowest BCUT2D eigenvalue weighted by Gasteiger charge is -2.18. The lowest BCUT2D eigenvalue weighted by atomic mass is 10.1. The molecule has 7 heteroatoms. The Morgan fingerprint density at radius 1 is 1.04 bits per heavy atom. The highest BCUT2D eigenvalue weighted by Crippen LogP contribution is 2.36. The van der Waals surface area contributed by atoms with Crippen molar-refractivity contribution in [2.24, 2.45) is 0 Å². The van der Waals surface area contributed by atoms with Gasteiger partial charge in [0.25, 0.3) is 0 Å². The van der Waals surface area contributed by atoms with Gasteiger partial charge in [-0.1, -0.05) is 30.3 Å². The zero-order valence-electron chi connectivity index (χ0n) is 14.9. The van der Waals surface area contributed by atoms with E-state index in [1.165, 1.54) is 5.56 Å². The number of hydrogen-bond donors (Lipinski definition) is 1. The van der Waals surface area contributed by atoms with Gasteiger partial charge in [-0.15, -0.1) is 0 Å². The maximum absolute atomic E-state index is 12.6. The van der Waals surface area contributed by atoms with E-state index in [2.05, 4.69) is 5.32 Å². The molecule has 0 radical (unpaired) electrons. The van der Waals surface area contributed by atoms with Crippen LogP contribution in [-0.4, -0.2) is 49.8 Å². The Kier molecular flexibility index (Phi) is 4.82. The molecule has 140 valence electrons. The Hall–Kier alpha value is -3.22. The van der Waals surface area contributed by atoms with Gasteiger partial charge >= 0.3 is 6.03 Å². The SMILES string of the molecule is O=C(CN1CCN(c2ccc3c(c2)OCO3)C1=O)NCCc1ccccc1. The standard InChI is InChI=1S/C20H21N3O4/c24-19(21-9-8-15-4-2-1-3-5-15)13-22-10-11-23(20(22)25)16-6-7-17-18(12-16)27-14-26-17/h1-7,12H,8-11,13-14H2,(H,21,24). The topological polar surface area (TPSA) is 71.1 Å². The molecule has 0 atom stereocenters. The van der Waals surface area contributed by atoms with Gasteiger partial charge in [-0.2, -0.15) is 0 Å². The van der Waals surface area contributed by atoms with Crippen LogP contribution in [-0.2, 0) is 11.2 Å². The number of amides is 3. The maximum atomic E-state index is 12.6. The third-order valence-corrected chi connectivity index (χ3v) is 4.68. The predicted molar refractivity (Wildman–Crippen MR) is 100 cm³/mol. The highest BCUT2D eigenvalue weighted by atomic mass is 16.7. The number of carbonyl (C=O) groups excluding carboxylic acids is 2. The summed E-state index contributed by atoms with van der Waals surface area (Å²) in [6, 6.07) is 15.2. The number of fused-ring (bicyclic) bond motifs is 1. The van der Waals surface area contributed by atoms with Gasteiger partial charge in [0.15, 0.2) is 11.5 Å². The van der Waals surface area contributed by atoms with E-state index in [0.717, 1.165) is 12.1 Å². The quantitative estimate of drug-likeness (QED) is 0.848. The lowest BCUT2D eigenvalue weighted by Crippen LogP contribution is -2.40. The van der Waals surface area contributed by atoms with Crippen molar-refractivity contribution in [1.82, 2.24) is 10.2 Å². The van der Waals surface area contributed by atoms with E-state index in [1.54, 1.807) is 21.9 Å². The van der Waals surface area contributed by atoms with Gasteiger partial charge in [0.2, 0.25) is 12.7 Å². The second-order valence-corrected chi connectivity index (χ2v) is 6.48. The molecule has 27 heavy (non-hydrogen) atoms. The molecule has 0 spiro atoms. The van der Waals surface area contributed by atoms with Crippen LogP contribution in [0.25, 0.3) is 0 Å². The lowest BCUT2D eigenvalue weighted by molar-refractivity contribution is -0.121. The molecule has 0 aromatic heterocycles. The minimum absolute atomic E-state index is 0.0642. The van der Waals surface area contributed by atoms with Gasteiger partial charge in [-0.05, 0) is 24.1 Å². The molecule has 2 aromatic carbocycles. The molecule has 1 fully saturated rings. The zero-order valence-corrected chi connectivity index (χ0v) is 14.9. The monoisotopic (exact) mass is 367 g/mol. The number of anilines is 1. The molecule has 0 saturated carbocycles. The van der Waals surface area contributed by atoms with Crippen LogP contribution in [0, 0.1) is 0 Å². The van der Waals surface area contributed by atoms with Crippen LogP contribution in [0.5, 0.6) is 11.5 Å². The Balaban J connectivity index is 1.29. The van der Waals surface area contributed by atoms with Gasteiger partial charge in [-0.3, -0.25) is 9.69 Å². The summed E-state index contributed by atoms with van der Waals surface area (Å²) < 4.78 is 10.7. The predicted octanol–water partition coefficient (Wildman–Crippen LogP) is 2.02. The molecule has 7 nitrogen and oxygen atoms in total. The van der Waals surface area contributed by atoms with Crippen LogP contribution in [0.15, 0.2) is 48.5 Å². The van der Waals surface area contributed by atoms with Crippen LogP contribution in [0.2, 0.25) is 0 Å². The van der Waals surface area contributed by atoms with E-state index < -0.39 is 0 Å². The number of carbonyl (C=O) groups is 2. The van der Waals surface area contributed by atoms with E-state index in [0.29, 0.717) is 31.1 Å². The second-order valence-electron chi connectivity index (χ2n) is 6.48. The van der Waals surface area contributed by atoms with Crippen molar-refractivity contribution in [2.45, 2.75) is 6.42 Å². The first-order valence-corrected chi connectivity index (χ1v) is 8.97. The van der Waals surface area contributed by atoms with Crippen LogP contribution in [0.3, 0.4) is 0 Å². The number of hydrogen-bond acceptors (Lipinski definition) is 4. The summed E-state index contributed by atoms with van der Waals surface area (Å²) in [6.45, 7) is 1.86. The van der Waals surface area contributed by atoms with Gasteiger partial charge in [0.05, 0.1) is 0 Å². The maximum Gasteiger partial charge on any atom is 0.325 e. The highest BCUT2D eigenvalue weighted by molar-refractivity contribution is 5.96. The molecule has 1 saturated heterocycles. The molecule has 3 amide bonds. The Morgan fingerprint density at radius 3 is 2.70 bits per heavy atom. The first kappa shape index (κ1) is 17.2. The second kappa shape index (κ2) is 7.57. The van der Waals surface area contributed by atoms with E-state index >= 15 is 0 Å². The van der Waals surface area contributed by atoms with Crippen molar-refractivity contribution in [1.29, 1.82) is 0 Å². The number of ether oxygens (including phenoxy) is 2. The third-order valence-electron chi connectivity index (χ3n) is 4.68.